The van der Waals surface area contributed by atoms with Gasteiger partial charge in [0, 0.05) is 5.69 Å². The minimum atomic E-state index is -0.523. The number of hydrogen-bond donors (Lipinski definition) is 2. The van der Waals surface area contributed by atoms with E-state index in [1.54, 1.807) is 6.07 Å². The van der Waals surface area contributed by atoms with E-state index in [1.165, 1.54) is 12.1 Å². The van der Waals surface area contributed by atoms with Crippen molar-refractivity contribution in [3.63, 3.8) is 0 Å². The number of carbonyl (C=O) groups is 1. The lowest BCUT2D eigenvalue weighted by molar-refractivity contribution is 0.101. The Morgan fingerprint density at radius 3 is 3.00 bits per heavy atom. The van der Waals surface area contributed by atoms with Crippen LogP contribution in [-0.4, -0.2) is 26.5 Å². The van der Waals surface area contributed by atoms with Crippen molar-refractivity contribution in [1.82, 2.24) is 20.6 Å². The summed E-state index contributed by atoms with van der Waals surface area (Å²) >= 11 is 5.76. The Morgan fingerprint density at radius 1 is 1.53 bits per heavy atom. The van der Waals surface area contributed by atoms with Crippen molar-refractivity contribution >= 4 is 23.2 Å². The van der Waals surface area contributed by atoms with Gasteiger partial charge in [-0.3, -0.25) is 4.79 Å². The lowest BCUT2D eigenvalue weighted by Crippen LogP contribution is -2.13. The van der Waals surface area contributed by atoms with Crippen molar-refractivity contribution in [1.29, 1.82) is 5.26 Å². The van der Waals surface area contributed by atoms with E-state index in [0.717, 1.165) is 0 Å². The minimum absolute atomic E-state index is 0.0848. The molecule has 1 aromatic heterocycles. The number of H-pyrrole nitrogens is 1. The second-order valence-electron chi connectivity index (χ2n) is 3.00. The SMILES string of the molecule is N#Cc1cc(NC(=O)c2nn[nH]n2)ccc1Cl. The zero-order valence-corrected chi connectivity index (χ0v) is 9.06. The standard InChI is InChI=1S/C9H5ClN6O/c10-7-2-1-6(3-5(7)4-11)12-9(17)8-13-15-16-14-8/h1-3H,(H,12,17)(H,13,14,15,16). The summed E-state index contributed by atoms with van der Waals surface area (Å²) in [5, 5.41) is 24.1. The van der Waals surface area contributed by atoms with E-state index < -0.39 is 5.91 Å². The molecule has 1 heterocycles. The van der Waals surface area contributed by atoms with Gasteiger partial charge in [0.2, 0.25) is 0 Å². The number of anilines is 1. The molecule has 1 aromatic carbocycles. The topological polar surface area (TPSA) is 107 Å². The second kappa shape index (κ2) is 4.59. The van der Waals surface area contributed by atoms with Gasteiger partial charge in [-0.25, -0.2) is 0 Å². The molecule has 84 valence electrons. The van der Waals surface area contributed by atoms with Crippen LogP contribution >= 0.6 is 11.6 Å². The molecule has 0 spiro atoms. The van der Waals surface area contributed by atoms with Gasteiger partial charge in [-0.1, -0.05) is 11.6 Å². The number of benzene rings is 1. The number of aromatic nitrogens is 4. The molecule has 2 aromatic rings. The van der Waals surface area contributed by atoms with E-state index in [2.05, 4.69) is 25.9 Å². The molecule has 2 N–H and O–H groups in total. The molecule has 0 aliphatic carbocycles. The fourth-order valence-corrected chi connectivity index (χ4v) is 1.29. The number of halogens is 1. The number of aromatic amines is 1. The summed E-state index contributed by atoms with van der Waals surface area (Å²) in [6.07, 6.45) is 0. The molecule has 17 heavy (non-hydrogen) atoms. The smallest absolute Gasteiger partial charge is 0.297 e. The van der Waals surface area contributed by atoms with Crippen molar-refractivity contribution in [3.05, 3.63) is 34.6 Å². The molecule has 7 nitrogen and oxygen atoms in total. The molecule has 0 aliphatic rings. The van der Waals surface area contributed by atoms with E-state index in [1.807, 2.05) is 6.07 Å². The molecule has 0 unspecified atom stereocenters. The van der Waals surface area contributed by atoms with Gasteiger partial charge in [-0.2, -0.15) is 10.5 Å². The van der Waals surface area contributed by atoms with Gasteiger partial charge < -0.3 is 5.32 Å². The quantitative estimate of drug-likeness (QED) is 0.824. The van der Waals surface area contributed by atoms with Crippen molar-refractivity contribution in [3.8, 4) is 6.07 Å². The first-order chi connectivity index (χ1) is 8.20. The first-order valence-corrected chi connectivity index (χ1v) is 4.83. The second-order valence-corrected chi connectivity index (χ2v) is 3.40. The average Bonchev–Trinajstić information content (AvgIpc) is 2.85. The van der Waals surface area contributed by atoms with Crippen LogP contribution in [0.25, 0.3) is 0 Å². The number of nitrogens with zero attached hydrogens (tertiary/aromatic N) is 4. The predicted molar refractivity (Wildman–Crippen MR) is 58.3 cm³/mol. The number of hydrogen-bond acceptors (Lipinski definition) is 5. The molecule has 2 rings (SSSR count). The van der Waals surface area contributed by atoms with Gasteiger partial charge >= 0.3 is 0 Å². The van der Waals surface area contributed by atoms with Crippen LogP contribution in [0.15, 0.2) is 18.2 Å². The molecular weight excluding hydrogens is 244 g/mol. The van der Waals surface area contributed by atoms with Crippen molar-refractivity contribution in [2.75, 3.05) is 5.32 Å². The summed E-state index contributed by atoms with van der Waals surface area (Å²) in [5.41, 5.74) is 0.707. The van der Waals surface area contributed by atoms with Crippen molar-refractivity contribution < 1.29 is 4.79 Å². The number of carbonyl (C=O) groups excluding carboxylic acids is 1. The van der Waals surface area contributed by atoms with Crippen molar-refractivity contribution in [2.45, 2.75) is 0 Å². The summed E-state index contributed by atoms with van der Waals surface area (Å²) in [4.78, 5) is 11.5. The summed E-state index contributed by atoms with van der Waals surface area (Å²) in [6, 6.07) is 6.46. The minimum Gasteiger partial charge on any atom is -0.319 e. The molecule has 0 aliphatic heterocycles. The molecule has 0 bridgehead atoms. The fourth-order valence-electron chi connectivity index (χ4n) is 1.13. The number of nitrogens with one attached hydrogen (secondary N) is 2. The third kappa shape index (κ3) is 2.38. The van der Waals surface area contributed by atoms with Crippen LogP contribution in [0, 0.1) is 11.3 Å². The fraction of sp³-hybridized carbons (Fsp3) is 0. The van der Waals surface area contributed by atoms with Crippen LogP contribution in [0.5, 0.6) is 0 Å². The summed E-state index contributed by atoms with van der Waals surface area (Å²) in [7, 11) is 0. The van der Waals surface area contributed by atoms with Gasteiger partial charge in [-0.05, 0) is 23.4 Å². The van der Waals surface area contributed by atoms with Gasteiger partial charge in [0.15, 0.2) is 0 Å². The predicted octanol–water partition coefficient (Wildman–Crippen LogP) is 0.977. The lowest BCUT2D eigenvalue weighted by atomic mass is 10.2. The van der Waals surface area contributed by atoms with E-state index in [-0.39, 0.29) is 11.4 Å². The first-order valence-electron chi connectivity index (χ1n) is 4.45. The lowest BCUT2D eigenvalue weighted by Gasteiger charge is -2.03. The Balaban J connectivity index is 2.20. The van der Waals surface area contributed by atoms with Gasteiger partial charge in [-0.15, -0.1) is 10.2 Å². The zero-order valence-electron chi connectivity index (χ0n) is 8.31. The molecule has 0 fully saturated rings. The maximum atomic E-state index is 11.5. The number of tetrazole rings is 1. The maximum Gasteiger partial charge on any atom is 0.297 e. The van der Waals surface area contributed by atoms with Crippen LogP contribution in [0.1, 0.15) is 16.2 Å². The highest BCUT2D eigenvalue weighted by Crippen LogP contribution is 2.19. The van der Waals surface area contributed by atoms with E-state index in [9.17, 15) is 4.79 Å². The Bertz CT molecular complexity index is 588. The Labute approximate surface area is 100 Å². The average molecular weight is 249 g/mol. The highest BCUT2D eigenvalue weighted by molar-refractivity contribution is 6.31. The molecular formula is C9H5ClN6O. The van der Waals surface area contributed by atoms with E-state index in [4.69, 9.17) is 16.9 Å². The van der Waals surface area contributed by atoms with Crippen LogP contribution in [-0.2, 0) is 0 Å². The Hall–Kier alpha value is -2.46. The Morgan fingerprint density at radius 2 is 2.35 bits per heavy atom. The Kier molecular flexibility index (Phi) is 2.98. The van der Waals surface area contributed by atoms with E-state index in [0.29, 0.717) is 10.7 Å². The van der Waals surface area contributed by atoms with Crippen LogP contribution in [0.2, 0.25) is 5.02 Å². The molecule has 0 radical (unpaired) electrons. The maximum absolute atomic E-state index is 11.5. The third-order valence-corrected chi connectivity index (χ3v) is 2.22. The number of rotatable bonds is 2. The van der Waals surface area contributed by atoms with Crippen LogP contribution in [0.3, 0.4) is 0 Å². The summed E-state index contributed by atoms with van der Waals surface area (Å²) in [5.74, 6) is -0.608. The third-order valence-electron chi connectivity index (χ3n) is 1.89. The number of nitriles is 1. The van der Waals surface area contributed by atoms with Crippen LogP contribution in [0.4, 0.5) is 5.69 Å². The normalized spacial score (nSPS) is 9.65. The van der Waals surface area contributed by atoms with Gasteiger partial charge in [0.1, 0.15) is 6.07 Å². The summed E-state index contributed by atoms with van der Waals surface area (Å²) in [6.45, 7) is 0. The molecule has 0 saturated heterocycles. The van der Waals surface area contributed by atoms with Gasteiger partial charge in [0.25, 0.3) is 11.7 Å². The van der Waals surface area contributed by atoms with Crippen LogP contribution < -0.4 is 5.32 Å². The monoisotopic (exact) mass is 248 g/mol. The first kappa shape index (κ1) is 11.0. The zero-order chi connectivity index (χ0) is 12.3. The molecule has 8 heteroatoms. The number of amides is 1. The highest BCUT2D eigenvalue weighted by Gasteiger charge is 2.11. The molecule has 0 atom stereocenters. The van der Waals surface area contributed by atoms with E-state index >= 15 is 0 Å². The largest absolute Gasteiger partial charge is 0.319 e. The van der Waals surface area contributed by atoms with Gasteiger partial charge in [0.05, 0.1) is 10.6 Å². The molecule has 0 saturated carbocycles. The summed E-state index contributed by atoms with van der Waals surface area (Å²) < 4.78 is 0. The molecule has 1 amide bonds. The highest BCUT2D eigenvalue weighted by atomic mass is 35.5. The van der Waals surface area contributed by atoms with Crippen molar-refractivity contribution in [2.24, 2.45) is 0 Å².